The van der Waals surface area contributed by atoms with Gasteiger partial charge in [0, 0.05) is 7.05 Å². The Kier molecular flexibility index (Phi) is 1.90. The molecule has 0 saturated carbocycles. The first-order chi connectivity index (χ1) is 5.08. The van der Waals surface area contributed by atoms with Gasteiger partial charge in [-0.15, -0.1) is 0 Å². The Hall–Kier alpha value is -0.970. The second-order valence-electron chi connectivity index (χ2n) is 2.25. The van der Waals surface area contributed by atoms with E-state index in [1.807, 2.05) is 0 Å². The fourth-order valence-electron chi connectivity index (χ4n) is 0.791. The summed E-state index contributed by atoms with van der Waals surface area (Å²) in [7, 11) is 1.45. The Morgan fingerprint density at radius 3 is 2.73 bits per heavy atom. The van der Waals surface area contributed by atoms with Crippen LogP contribution in [0.25, 0.3) is 0 Å². The van der Waals surface area contributed by atoms with Crippen LogP contribution in [0.3, 0.4) is 0 Å². The second kappa shape index (κ2) is 2.58. The van der Waals surface area contributed by atoms with Gasteiger partial charge in [-0.2, -0.15) is 8.78 Å². The molecule has 0 saturated heterocycles. The molecule has 11 heavy (non-hydrogen) atoms. The van der Waals surface area contributed by atoms with Crippen LogP contribution in [-0.4, -0.2) is 21.3 Å². The third-order valence-corrected chi connectivity index (χ3v) is 1.39. The number of aliphatic hydroxyl groups is 1. The van der Waals surface area contributed by atoms with Crippen molar-refractivity contribution in [2.75, 3.05) is 6.61 Å². The highest BCUT2D eigenvalue weighted by molar-refractivity contribution is 5.05. The quantitative estimate of drug-likeness (QED) is 0.687. The molecule has 0 aromatic carbocycles. The maximum atomic E-state index is 12.7. The Bertz CT molecular complexity index is 246. The number of nitrogens with zero attached hydrogens (tertiary/aromatic N) is 2. The van der Waals surface area contributed by atoms with Crippen molar-refractivity contribution in [1.29, 1.82) is 0 Å². The minimum absolute atomic E-state index is 0.278. The van der Waals surface area contributed by atoms with Crippen LogP contribution in [0.1, 0.15) is 5.69 Å². The van der Waals surface area contributed by atoms with Gasteiger partial charge in [-0.3, -0.25) is 0 Å². The molecule has 0 aliphatic rings. The van der Waals surface area contributed by atoms with Crippen LogP contribution in [0.5, 0.6) is 0 Å². The van der Waals surface area contributed by atoms with Crippen molar-refractivity contribution in [3.63, 3.8) is 0 Å². The highest BCUT2D eigenvalue weighted by atomic mass is 19.3. The van der Waals surface area contributed by atoms with E-state index in [2.05, 4.69) is 4.98 Å². The van der Waals surface area contributed by atoms with E-state index in [9.17, 15) is 8.78 Å². The summed E-state index contributed by atoms with van der Waals surface area (Å²) in [6.07, 6.45) is 2.30. The van der Waals surface area contributed by atoms with Crippen LogP contribution in [0.4, 0.5) is 8.78 Å². The lowest BCUT2D eigenvalue weighted by Crippen LogP contribution is -2.21. The maximum absolute atomic E-state index is 12.7. The zero-order valence-corrected chi connectivity index (χ0v) is 5.96. The first-order valence-electron chi connectivity index (χ1n) is 3.03. The van der Waals surface area contributed by atoms with Crippen molar-refractivity contribution in [1.82, 2.24) is 9.55 Å². The average molecular weight is 162 g/mol. The molecule has 0 spiro atoms. The van der Waals surface area contributed by atoms with Crippen LogP contribution in [0.2, 0.25) is 0 Å². The number of hydrogen-bond acceptors (Lipinski definition) is 2. The molecule has 1 heterocycles. The molecule has 1 aromatic heterocycles. The second-order valence-corrected chi connectivity index (χ2v) is 2.25. The Labute approximate surface area is 62.3 Å². The monoisotopic (exact) mass is 162 g/mol. The average Bonchev–Trinajstić information content (AvgIpc) is 2.36. The van der Waals surface area contributed by atoms with Gasteiger partial charge in [0.15, 0.2) is 0 Å². The molecular weight excluding hydrogens is 154 g/mol. The third kappa shape index (κ3) is 1.37. The molecule has 0 fully saturated rings. The summed E-state index contributed by atoms with van der Waals surface area (Å²) in [4.78, 5) is 3.51. The smallest absolute Gasteiger partial charge is 0.311 e. The van der Waals surface area contributed by atoms with Crippen molar-refractivity contribution < 1.29 is 13.9 Å². The number of halogens is 2. The lowest BCUT2D eigenvalue weighted by Gasteiger charge is -2.12. The van der Waals surface area contributed by atoms with Crippen molar-refractivity contribution >= 4 is 0 Å². The van der Waals surface area contributed by atoms with Gasteiger partial charge in [-0.25, -0.2) is 4.98 Å². The third-order valence-electron chi connectivity index (χ3n) is 1.39. The van der Waals surface area contributed by atoms with Crippen molar-refractivity contribution in [3.05, 3.63) is 18.2 Å². The zero-order valence-electron chi connectivity index (χ0n) is 5.96. The number of aromatic nitrogens is 2. The molecule has 0 aliphatic carbocycles. The first kappa shape index (κ1) is 8.13. The number of aliphatic hydroxyl groups excluding tert-OH is 1. The van der Waals surface area contributed by atoms with Crippen LogP contribution in [0, 0.1) is 0 Å². The zero-order chi connectivity index (χ0) is 8.48. The summed E-state index contributed by atoms with van der Waals surface area (Å²) >= 11 is 0. The van der Waals surface area contributed by atoms with Gasteiger partial charge in [0.1, 0.15) is 12.3 Å². The summed E-state index contributed by atoms with van der Waals surface area (Å²) in [6, 6.07) is 0. The van der Waals surface area contributed by atoms with Gasteiger partial charge in [-0.1, -0.05) is 0 Å². The number of aryl methyl sites for hydroxylation is 1. The lowest BCUT2D eigenvalue weighted by atomic mass is 10.3. The van der Waals surface area contributed by atoms with Crippen molar-refractivity contribution in [2.45, 2.75) is 5.92 Å². The largest absolute Gasteiger partial charge is 0.390 e. The number of rotatable bonds is 2. The van der Waals surface area contributed by atoms with Gasteiger partial charge in [0.25, 0.3) is 0 Å². The Balaban J connectivity index is 3.00. The van der Waals surface area contributed by atoms with Crippen molar-refractivity contribution in [3.8, 4) is 0 Å². The van der Waals surface area contributed by atoms with Crippen LogP contribution >= 0.6 is 0 Å². The summed E-state index contributed by atoms with van der Waals surface area (Å²) in [6.45, 7) is -1.19. The predicted molar refractivity (Wildman–Crippen MR) is 34.2 cm³/mol. The maximum Gasteiger partial charge on any atom is 0.311 e. The molecule has 62 valence electrons. The van der Waals surface area contributed by atoms with E-state index in [4.69, 9.17) is 5.11 Å². The standard InChI is InChI=1S/C6H8F2N2O/c1-10-4-9-2-5(10)6(7,8)3-11/h2,4,11H,3H2,1H3. The molecule has 1 N–H and O–H groups in total. The summed E-state index contributed by atoms with van der Waals surface area (Å²) in [5.74, 6) is -3.19. The summed E-state index contributed by atoms with van der Waals surface area (Å²) in [5.41, 5.74) is -0.278. The van der Waals surface area contributed by atoms with Crippen LogP contribution in [0.15, 0.2) is 12.5 Å². The SMILES string of the molecule is Cn1cncc1C(F)(F)CO. The molecule has 0 atom stereocenters. The lowest BCUT2D eigenvalue weighted by molar-refractivity contribution is -0.0613. The number of alkyl halides is 2. The topological polar surface area (TPSA) is 38.0 Å². The number of imidazole rings is 1. The summed E-state index contributed by atoms with van der Waals surface area (Å²) < 4.78 is 26.5. The molecule has 1 rings (SSSR count). The van der Waals surface area contributed by atoms with E-state index in [1.54, 1.807) is 0 Å². The van der Waals surface area contributed by atoms with Crippen LogP contribution in [-0.2, 0) is 13.0 Å². The molecule has 0 bridgehead atoms. The molecule has 0 aliphatic heterocycles. The molecule has 1 aromatic rings. The van der Waals surface area contributed by atoms with E-state index in [0.717, 1.165) is 6.20 Å². The molecule has 3 nitrogen and oxygen atoms in total. The van der Waals surface area contributed by atoms with E-state index in [0.29, 0.717) is 0 Å². The normalized spacial score (nSPS) is 12.0. The van der Waals surface area contributed by atoms with E-state index < -0.39 is 12.5 Å². The molecule has 0 amide bonds. The van der Waals surface area contributed by atoms with Crippen molar-refractivity contribution in [2.24, 2.45) is 7.05 Å². The molecule has 5 heteroatoms. The van der Waals surface area contributed by atoms with Gasteiger partial charge in [-0.05, 0) is 0 Å². The predicted octanol–water partition coefficient (Wildman–Crippen LogP) is 0.504. The van der Waals surface area contributed by atoms with Gasteiger partial charge < -0.3 is 9.67 Å². The molecule has 0 unspecified atom stereocenters. The summed E-state index contributed by atoms with van der Waals surface area (Å²) in [5, 5.41) is 8.30. The Morgan fingerprint density at radius 1 is 1.73 bits per heavy atom. The first-order valence-corrected chi connectivity index (χ1v) is 3.03. The van der Waals surface area contributed by atoms with Gasteiger partial charge in [0.2, 0.25) is 0 Å². The highest BCUT2D eigenvalue weighted by Crippen LogP contribution is 2.25. The fraction of sp³-hybridized carbons (Fsp3) is 0.500. The minimum atomic E-state index is -3.19. The highest BCUT2D eigenvalue weighted by Gasteiger charge is 2.33. The van der Waals surface area contributed by atoms with E-state index in [1.165, 1.54) is 17.9 Å². The number of hydrogen-bond donors (Lipinski definition) is 1. The molecule has 0 radical (unpaired) electrons. The van der Waals surface area contributed by atoms with E-state index >= 15 is 0 Å². The molecular formula is C6H8F2N2O. The Morgan fingerprint density at radius 2 is 2.36 bits per heavy atom. The van der Waals surface area contributed by atoms with Gasteiger partial charge in [0.05, 0.1) is 12.5 Å². The van der Waals surface area contributed by atoms with Crippen LogP contribution < -0.4 is 0 Å². The van der Waals surface area contributed by atoms with E-state index in [-0.39, 0.29) is 5.69 Å². The van der Waals surface area contributed by atoms with Gasteiger partial charge >= 0.3 is 5.92 Å². The fourth-order valence-corrected chi connectivity index (χ4v) is 0.791. The minimum Gasteiger partial charge on any atom is -0.390 e.